The minimum Gasteiger partial charge on any atom is -0.389 e. The van der Waals surface area contributed by atoms with Crippen LogP contribution in [0, 0.1) is 19.8 Å². The zero-order chi connectivity index (χ0) is 18.0. The number of benzene rings is 2. The lowest BCUT2D eigenvalue weighted by atomic mass is 9.70. The third kappa shape index (κ3) is 3.70. The van der Waals surface area contributed by atoms with Crippen LogP contribution in [0.15, 0.2) is 61.2 Å². The Labute approximate surface area is 151 Å². The second-order valence-corrected chi connectivity index (χ2v) is 7.61. The molecule has 132 valence electrons. The van der Waals surface area contributed by atoms with Gasteiger partial charge in [0.1, 0.15) is 0 Å². The second-order valence-electron chi connectivity index (χ2n) is 7.61. The van der Waals surface area contributed by atoms with Gasteiger partial charge in [0.25, 0.3) is 0 Å². The fraction of sp³-hybridized carbons (Fsp3) is 0.391. The summed E-state index contributed by atoms with van der Waals surface area (Å²) in [6.07, 6.45) is 3.16. The van der Waals surface area contributed by atoms with Crippen LogP contribution >= 0.6 is 0 Å². The van der Waals surface area contributed by atoms with E-state index in [4.69, 9.17) is 0 Å². The third-order valence-corrected chi connectivity index (χ3v) is 5.70. The zero-order valence-corrected chi connectivity index (χ0v) is 15.5. The molecule has 0 spiro atoms. The van der Waals surface area contributed by atoms with Crippen molar-refractivity contribution in [3.8, 4) is 0 Å². The highest BCUT2D eigenvalue weighted by atomic mass is 16.3. The largest absolute Gasteiger partial charge is 0.389 e. The van der Waals surface area contributed by atoms with E-state index in [0.29, 0.717) is 12.8 Å². The van der Waals surface area contributed by atoms with Gasteiger partial charge in [-0.3, -0.25) is 0 Å². The number of nitrogens with one attached hydrogen (secondary N) is 1. The molecule has 2 aromatic carbocycles. The van der Waals surface area contributed by atoms with Gasteiger partial charge in [-0.25, -0.2) is 0 Å². The highest BCUT2D eigenvalue weighted by molar-refractivity contribution is 5.30. The quantitative estimate of drug-likeness (QED) is 0.769. The van der Waals surface area contributed by atoms with E-state index in [1.165, 1.54) is 22.3 Å². The summed E-state index contributed by atoms with van der Waals surface area (Å²) in [5, 5.41) is 15.2. The average Bonchev–Trinajstić information content (AvgIpc) is 2.59. The van der Waals surface area contributed by atoms with Gasteiger partial charge in [-0.1, -0.05) is 72.7 Å². The fourth-order valence-corrected chi connectivity index (χ4v) is 3.96. The highest BCUT2D eigenvalue weighted by Gasteiger charge is 2.45. The van der Waals surface area contributed by atoms with Gasteiger partial charge in [0, 0.05) is 18.0 Å². The van der Waals surface area contributed by atoms with Gasteiger partial charge in [-0.15, -0.1) is 6.58 Å². The van der Waals surface area contributed by atoms with Crippen LogP contribution in [0.2, 0.25) is 0 Å². The van der Waals surface area contributed by atoms with Crippen molar-refractivity contribution in [3.05, 3.63) is 83.4 Å². The van der Waals surface area contributed by atoms with Crippen molar-refractivity contribution in [1.82, 2.24) is 5.32 Å². The zero-order valence-electron chi connectivity index (χ0n) is 15.5. The number of piperidine rings is 1. The van der Waals surface area contributed by atoms with E-state index in [1.54, 1.807) is 0 Å². The van der Waals surface area contributed by atoms with Crippen LogP contribution in [0.4, 0.5) is 0 Å². The molecule has 0 radical (unpaired) electrons. The Kier molecular flexibility index (Phi) is 5.12. The molecule has 2 heteroatoms. The van der Waals surface area contributed by atoms with E-state index in [-0.39, 0.29) is 18.0 Å². The number of aryl methyl sites for hydroxylation is 2. The first kappa shape index (κ1) is 17.9. The van der Waals surface area contributed by atoms with Crippen molar-refractivity contribution in [3.63, 3.8) is 0 Å². The van der Waals surface area contributed by atoms with Crippen LogP contribution in [-0.2, 0) is 0 Å². The highest BCUT2D eigenvalue weighted by Crippen LogP contribution is 2.44. The van der Waals surface area contributed by atoms with Crippen molar-refractivity contribution in [2.24, 2.45) is 5.92 Å². The lowest BCUT2D eigenvalue weighted by Crippen LogP contribution is -2.51. The molecule has 3 rings (SSSR count). The predicted molar refractivity (Wildman–Crippen MR) is 105 cm³/mol. The number of hydrogen-bond donors (Lipinski definition) is 2. The number of rotatable bonds is 4. The van der Waals surface area contributed by atoms with Gasteiger partial charge < -0.3 is 10.4 Å². The van der Waals surface area contributed by atoms with E-state index in [0.717, 1.165) is 0 Å². The molecular weight excluding hydrogens is 306 g/mol. The van der Waals surface area contributed by atoms with Gasteiger partial charge in [0.2, 0.25) is 0 Å². The van der Waals surface area contributed by atoms with Crippen LogP contribution < -0.4 is 5.32 Å². The van der Waals surface area contributed by atoms with Crippen molar-refractivity contribution in [2.75, 3.05) is 0 Å². The molecule has 2 nitrogen and oxygen atoms in total. The minimum atomic E-state index is -0.752. The first-order chi connectivity index (χ1) is 11.9. The number of hydrogen-bond acceptors (Lipinski definition) is 2. The molecular formula is C23H29NO. The first-order valence-corrected chi connectivity index (χ1v) is 9.15. The van der Waals surface area contributed by atoms with Crippen LogP contribution in [-0.4, -0.2) is 10.7 Å². The topological polar surface area (TPSA) is 32.3 Å². The van der Waals surface area contributed by atoms with Gasteiger partial charge in [0.05, 0.1) is 5.60 Å². The van der Waals surface area contributed by atoms with Gasteiger partial charge in [-0.2, -0.15) is 0 Å². The van der Waals surface area contributed by atoms with Crippen LogP contribution in [0.25, 0.3) is 0 Å². The van der Waals surface area contributed by atoms with Gasteiger partial charge >= 0.3 is 0 Å². The summed E-state index contributed by atoms with van der Waals surface area (Å²) in [6.45, 7) is 10.2. The van der Waals surface area contributed by atoms with Gasteiger partial charge in [-0.05, 0) is 37.8 Å². The maximum Gasteiger partial charge on any atom is 0.0743 e. The number of aliphatic hydroxyl groups is 1. The summed E-state index contributed by atoms with van der Waals surface area (Å²) in [5.41, 5.74) is 4.22. The molecule has 0 amide bonds. The Morgan fingerprint density at radius 3 is 2.08 bits per heavy atom. The summed E-state index contributed by atoms with van der Waals surface area (Å²) < 4.78 is 0. The maximum absolute atomic E-state index is 11.4. The molecule has 1 fully saturated rings. The molecule has 0 unspecified atom stereocenters. The molecule has 0 bridgehead atoms. The van der Waals surface area contributed by atoms with E-state index >= 15 is 0 Å². The molecule has 0 aliphatic carbocycles. The summed E-state index contributed by atoms with van der Waals surface area (Å²) in [4.78, 5) is 0. The van der Waals surface area contributed by atoms with E-state index in [9.17, 15) is 5.11 Å². The van der Waals surface area contributed by atoms with Crippen LogP contribution in [0.5, 0.6) is 0 Å². The van der Waals surface area contributed by atoms with Crippen LogP contribution in [0.1, 0.15) is 54.1 Å². The van der Waals surface area contributed by atoms with Crippen molar-refractivity contribution in [1.29, 1.82) is 0 Å². The fourth-order valence-electron chi connectivity index (χ4n) is 3.96. The van der Waals surface area contributed by atoms with E-state index in [2.05, 4.69) is 81.2 Å². The molecule has 0 aromatic heterocycles. The maximum atomic E-state index is 11.4. The summed E-state index contributed by atoms with van der Waals surface area (Å²) >= 11 is 0. The normalized spacial score (nSPS) is 29.4. The second kappa shape index (κ2) is 7.15. The van der Waals surface area contributed by atoms with Crippen molar-refractivity contribution < 1.29 is 5.11 Å². The Morgan fingerprint density at radius 1 is 1.04 bits per heavy atom. The Morgan fingerprint density at radius 2 is 1.56 bits per heavy atom. The van der Waals surface area contributed by atoms with E-state index in [1.807, 2.05) is 6.08 Å². The third-order valence-electron chi connectivity index (χ3n) is 5.70. The Bertz CT molecular complexity index is 719. The van der Waals surface area contributed by atoms with Crippen molar-refractivity contribution in [2.45, 2.75) is 51.3 Å². The van der Waals surface area contributed by atoms with Crippen molar-refractivity contribution >= 4 is 0 Å². The van der Waals surface area contributed by atoms with Gasteiger partial charge in [0.15, 0.2) is 0 Å². The lowest BCUT2D eigenvalue weighted by Gasteiger charge is -2.47. The van der Waals surface area contributed by atoms with Crippen LogP contribution in [0.3, 0.4) is 0 Å². The molecule has 2 N–H and O–H groups in total. The first-order valence-electron chi connectivity index (χ1n) is 9.15. The Balaban J connectivity index is 1.97. The average molecular weight is 335 g/mol. The molecule has 4 atom stereocenters. The summed E-state index contributed by atoms with van der Waals surface area (Å²) in [5.74, 6) is 0.106. The Hall–Kier alpha value is -1.90. The lowest BCUT2D eigenvalue weighted by molar-refractivity contribution is -0.0654. The molecule has 2 aromatic rings. The monoisotopic (exact) mass is 335 g/mol. The summed E-state index contributed by atoms with van der Waals surface area (Å²) in [7, 11) is 0. The SMILES string of the molecule is C=CC[C@@]1(O)C[C@H](c2ccc(C)cc2)N[C@@H](c2ccc(C)cc2)[C@H]1C. The molecule has 1 heterocycles. The minimum absolute atomic E-state index is 0.106. The molecule has 1 aliphatic heterocycles. The van der Waals surface area contributed by atoms with E-state index < -0.39 is 5.60 Å². The molecule has 0 saturated carbocycles. The molecule has 25 heavy (non-hydrogen) atoms. The standard InChI is InChI=1S/C23H29NO/c1-5-14-23(25)15-21(19-10-6-16(2)7-11-19)24-22(18(23)4)20-12-8-17(3)9-13-20/h5-13,18,21-22,24-25H,1,14-15H2,2-4H3/t18-,21-,22-,23-/m1/s1. The summed E-state index contributed by atoms with van der Waals surface area (Å²) in [6, 6.07) is 17.5. The smallest absolute Gasteiger partial charge is 0.0743 e. The molecule has 1 saturated heterocycles. The predicted octanol–water partition coefficient (Wildman–Crippen LogP) is 5.02. The molecule has 1 aliphatic rings.